The third kappa shape index (κ3) is 3.17. The number of anilines is 2. The molecule has 7 heteroatoms. The van der Waals surface area contributed by atoms with Crippen LogP contribution in [0.2, 0.25) is 0 Å². The van der Waals surface area contributed by atoms with Crippen LogP contribution in [0.25, 0.3) is 32.5 Å². The number of pyridine rings is 3. The van der Waals surface area contributed by atoms with Gasteiger partial charge < -0.3 is 5.32 Å². The summed E-state index contributed by atoms with van der Waals surface area (Å²) < 4.78 is 14.5. The normalized spacial score (nSPS) is 13.8. The van der Waals surface area contributed by atoms with E-state index in [2.05, 4.69) is 21.4 Å². The minimum absolute atomic E-state index is 0.376. The first-order valence-electron chi connectivity index (χ1n) is 9.78. The predicted octanol–water partition coefficient (Wildman–Crippen LogP) is 6.06. The average molecular weight is 413 g/mol. The molecule has 0 radical (unpaired) electrons. The van der Waals surface area contributed by atoms with Crippen LogP contribution in [0.5, 0.6) is 0 Å². The van der Waals surface area contributed by atoms with Gasteiger partial charge in [-0.3, -0.25) is 9.97 Å². The van der Waals surface area contributed by atoms with E-state index in [1.165, 1.54) is 34.8 Å². The van der Waals surface area contributed by atoms with Gasteiger partial charge in [0, 0.05) is 23.2 Å². The molecule has 0 spiro atoms. The molecule has 4 aromatic heterocycles. The second-order valence-corrected chi connectivity index (χ2v) is 8.48. The van der Waals surface area contributed by atoms with Gasteiger partial charge in [0.25, 0.3) is 0 Å². The topological polar surface area (TPSA) is 63.6 Å². The van der Waals surface area contributed by atoms with Gasteiger partial charge in [0.2, 0.25) is 0 Å². The second-order valence-electron chi connectivity index (χ2n) is 7.42. The Labute approximate surface area is 175 Å². The summed E-state index contributed by atoms with van der Waals surface area (Å²) in [4.78, 5) is 18.2. The number of rotatable bonds is 4. The molecule has 1 N–H and O–H groups in total. The van der Waals surface area contributed by atoms with Crippen molar-refractivity contribution in [2.45, 2.75) is 18.8 Å². The van der Waals surface area contributed by atoms with E-state index in [0.717, 1.165) is 22.1 Å². The highest BCUT2D eigenvalue weighted by Crippen LogP contribution is 2.43. The molecule has 6 rings (SSSR count). The van der Waals surface area contributed by atoms with Crippen molar-refractivity contribution in [3.8, 4) is 11.4 Å². The molecular weight excluding hydrogens is 397 g/mol. The van der Waals surface area contributed by atoms with Crippen LogP contribution in [0.15, 0.2) is 60.9 Å². The number of benzene rings is 1. The van der Waals surface area contributed by atoms with E-state index in [9.17, 15) is 4.39 Å². The molecule has 0 aliphatic heterocycles. The molecule has 1 aromatic carbocycles. The maximum absolute atomic E-state index is 13.3. The highest BCUT2D eigenvalue weighted by atomic mass is 32.1. The number of nitrogens with zero attached hydrogens (tertiary/aromatic N) is 4. The average Bonchev–Trinajstić information content (AvgIpc) is 3.53. The molecule has 0 atom stereocenters. The van der Waals surface area contributed by atoms with Gasteiger partial charge in [-0.05, 0) is 61.4 Å². The molecule has 5 aromatic rings. The van der Waals surface area contributed by atoms with Crippen molar-refractivity contribution in [1.29, 1.82) is 0 Å². The lowest BCUT2D eigenvalue weighted by Gasteiger charge is -2.11. The lowest BCUT2D eigenvalue weighted by atomic mass is 10.1. The monoisotopic (exact) mass is 413 g/mol. The summed E-state index contributed by atoms with van der Waals surface area (Å²) in [6.07, 6.45) is 5.44. The Kier molecular flexibility index (Phi) is 3.95. The number of hydrogen-bond donors (Lipinski definition) is 1. The summed E-state index contributed by atoms with van der Waals surface area (Å²) in [5, 5.41) is 5.58. The maximum atomic E-state index is 13.3. The Morgan fingerprint density at radius 3 is 2.70 bits per heavy atom. The molecule has 1 saturated carbocycles. The quantitative estimate of drug-likeness (QED) is 0.388. The molecule has 0 bridgehead atoms. The van der Waals surface area contributed by atoms with Gasteiger partial charge >= 0.3 is 0 Å². The van der Waals surface area contributed by atoms with Crippen LogP contribution >= 0.6 is 11.3 Å². The van der Waals surface area contributed by atoms with E-state index in [1.54, 1.807) is 23.6 Å². The van der Waals surface area contributed by atoms with E-state index in [0.29, 0.717) is 23.1 Å². The van der Waals surface area contributed by atoms with E-state index < -0.39 is 0 Å². The highest BCUT2D eigenvalue weighted by molar-refractivity contribution is 7.18. The van der Waals surface area contributed by atoms with Gasteiger partial charge in [-0.1, -0.05) is 0 Å². The SMILES string of the molecule is Fc1ccc(-c2cc3ncccc3c(Nc3ccc4nc(C5CC5)sc4c3)n2)nc1. The summed E-state index contributed by atoms with van der Waals surface area (Å²) in [5.74, 6) is 0.961. The van der Waals surface area contributed by atoms with E-state index in [4.69, 9.17) is 9.97 Å². The molecule has 0 unspecified atom stereocenters. The van der Waals surface area contributed by atoms with Gasteiger partial charge in [0.1, 0.15) is 11.6 Å². The van der Waals surface area contributed by atoms with Crippen LogP contribution in [-0.2, 0) is 0 Å². The number of hydrogen-bond acceptors (Lipinski definition) is 6. The number of thiazole rings is 1. The Morgan fingerprint density at radius 1 is 0.933 bits per heavy atom. The third-order valence-electron chi connectivity index (χ3n) is 5.18. The van der Waals surface area contributed by atoms with Crippen molar-refractivity contribution in [2.24, 2.45) is 0 Å². The molecule has 5 nitrogen and oxygen atoms in total. The van der Waals surface area contributed by atoms with Crippen molar-refractivity contribution in [3.05, 3.63) is 71.7 Å². The lowest BCUT2D eigenvalue weighted by Crippen LogP contribution is -1.98. The zero-order chi connectivity index (χ0) is 20.1. The first kappa shape index (κ1) is 17.4. The number of fused-ring (bicyclic) bond motifs is 2. The van der Waals surface area contributed by atoms with E-state index in [-0.39, 0.29) is 5.82 Å². The van der Waals surface area contributed by atoms with Gasteiger partial charge in [-0.15, -0.1) is 11.3 Å². The second kappa shape index (κ2) is 6.81. The zero-order valence-corrected chi connectivity index (χ0v) is 16.7. The summed E-state index contributed by atoms with van der Waals surface area (Å²) in [6, 6.07) is 14.9. The van der Waals surface area contributed by atoms with Gasteiger partial charge in [0.15, 0.2) is 0 Å². The molecular formula is C23H16FN5S. The molecule has 1 aliphatic rings. The minimum Gasteiger partial charge on any atom is -0.340 e. The molecule has 0 saturated heterocycles. The van der Waals surface area contributed by atoms with Crippen LogP contribution in [-0.4, -0.2) is 19.9 Å². The fourth-order valence-corrected chi connectivity index (χ4v) is 4.67. The van der Waals surface area contributed by atoms with Crippen LogP contribution < -0.4 is 5.32 Å². The first-order valence-corrected chi connectivity index (χ1v) is 10.6. The Bertz CT molecular complexity index is 1390. The first-order chi connectivity index (χ1) is 14.7. The summed E-state index contributed by atoms with van der Waals surface area (Å²) in [6.45, 7) is 0. The Balaban J connectivity index is 1.43. The molecule has 0 amide bonds. The van der Waals surface area contributed by atoms with Gasteiger partial charge in [-0.25, -0.2) is 14.4 Å². The largest absolute Gasteiger partial charge is 0.340 e. The molecule has 146 valence electrons. The van der Waals surface area contributed by atoms with Crippen molar-refractivity contribution >= 4 is 44.0 Å². The summed E-state index contributed by atoms with van der Waals surface area (Å²) in [7, 11) is 0. The maximum Gasteiger partial charge on any atom is 0.141 e. The molecule has 1 aliphatic carbocycles. The summed E-state index contributed by atoms with van der Waals surface area (Å²) in [5.41, 5.74) is 4.01. The van der Waals surface area contributed by atoms with Crippen LogP contribution in [0, 0.1) is 5.82 Å². The Morgan fingerprint density at radius 2 is 1.87 bits per heavy atom. The third-order valence-corrected chi connectivity index (χ3v) is 6.36. The fourth-order valence-electron chi connectivity index (χ4n) is 3.49. The van der Waals surface area contributed by atoms with E-state index in [1.807, 2.05) is 30.3 Å². The van der Waals surface area contributed by atoms with Gasteiger partial charge in [0.05, 0.1) is 38.3 Å². The minimum atomic E-state index is -0.376. The van der Waals surface area contributed by atoms with E-state index >= 15 is 0 Å². The number of halogens is 1. The molecule has 30 heavy (non-hydrogen) atoms. The standard InChI is InChI=1S/C23H16FN5S/c24-14-5-7-17(26-12-14)20-11-19-16(2-1-9-25-19)22(28-20)27-15-6-8-18-21(10-15)30-23(29-18)13-3-4-13/h1-2,5-13H,3-4H2,(H,27,28). The number of nitrogens with one attached hydrogen (secondary N) is 1. The summed E-state index contributed by atoms with van der Waals surface area (Å²) >= 11 is 1.77. The number of aromatic nitrogens is 4. The van der Waals surface area contributed by atoms with Crippen molar-refractivity contribution < 1.29 is 4.39 Å². The van der Waals surface area contributed by atoms with Crippen LogP contribution in [0.1, 0.15) is 23.8 Å². The smallest absolute Gasteiger partial charge is 0.141 e. The van der Waals surface area contributed by atoms with Crippen molar-refractivity contribution in [2.75, 3.05) is 5.32 Å². The fraction of sp³-hybridized carbons (Fsp3) is 0.130. The lowest BCUT2D eigenvalue weighted by molar-refractivity contribution is 0.622. The molecule has 1 fully saturated rings. The van der Waals surface area contributed by atoms with Crippen molar-refractivity contribution in [1.82, 2.24) is 19.9 Å². The highest BCUT2D eigenvalue weighted by Gasteiger charge is 2.27. The zero-order valence-electron chi connectivity index (χ0n) is 15.8. The van der Waals surface area contributed by atoms with Gasteiger partial charge in [-0.2, -0.15) is 0 Å². The molecule has 4 heterocycles. The Hall–Kier alpha value is -3.45. The predicted molar refractivity (Wildman–Crippen MR) is 118 cm³/mol. The van der Waals surface area contributed by atoms with Crippen molar-refractivity contribution in [3.63, 3.8) is 0 Å². The van der Waals surface area contributed by atoms with Crippen LogP contribution in [0.4, 0.5) is 15.9 Å². The van der Waals surface area contributed by atoms with Crippen LogP contribution in [0.3, 0.4) is 0 Å².